The molecule has 0 aliphatic heterocycles. The number of rotatable bonds is 4. The fourth-order valence-corrected chi connectivity index (χ4v) is 3.49. The van der Waals surface area contributed by atoms with Crippen LogP contribution in [0, 0.1) is 5.92 Å². The van der Waals surface area contributed by atoms with Crippen LogP contribution in [0.3, 0.4) is 0 Å². The SMILES string of the molecule is O=C(/C=C/c1ccc(Br)s1)N[C@H]1CC[C@@H](C(=O)O)C1. The van der Waals surface area contributed by atoms with E-state index in [9.17, 15) is 9.59 Å². The average Bonchev–Trinajstić information content (AvgIpc) is 2.96. The van der Waals surface area contributed by atoms with Crippen LogP contribution in [0.15, 0.2) is 22.0 Å². The molecule has 1 saturated carbocycles. The lowest BCUT2D eigenvalue weighted by Crippen LogP contribution is -2.31. The number of nitrogens with one attached hydrogen (secondary N) is 1. The van der Waals surface area contributed by atoms with Gasteiger partial charge in [-0.15, -0.1) is 11.3 Å². The van der Waals surface area contributed by atoms with E-state index in [0.29, 0.717) is 12.8 Å². The number of carbonyl (C=O) groups is 2. The van der Waals surface area contributed by atoms with E-state index in [2.05, 4.69) is 21.2 Å². The molecule has 1 amide bonds. The first-order chi connectivity index (χ1) is 9.04. The van der Waals surface area contributed by atoms with E-state index < -0.39 is 5.97 Å². The monoisotopic (exact) mass is 343 g/mol. The minimum absolute atomic E-state index is 0.0201. The summed E-state index contributed by atoms with van der Waals surface area (Å²) in [5, 5.41) is 11.7. The highest BCUT2D eigenvalue weighted by Crippen LogP contribution is 2.26. The number of amides is 1. The van der Waals surface area contributed by atoms with Gasteiger partial charge in [0.25, 0.3) is 0 Å². The molecule has 2 rings (SSSR count). The van der Waals surface area contributed by atoms with Gasteiger partial charge in [0.1, 0.15) is 0 Å². The number of halogens is 1. The van der Waals surface area contributed by atoms with Crippen molar-refractivity contribution in [2.24, 2.45) is 5.92 Å². The summed E-state index contributed by atoms with van der Waals surface area (Å²) in [6.45, 7) is 0. The van der Waals surface area contributed by atoms with E-state index in [0.717, 1.165) is 15.1 Å². The maximum atomic E-state index is 11.7. The summed E-state index contributed by atoms with van der Waals surface area (Å²) >= 11 is 4.91. The Hall–Kier alpha value is -1.14. The molecule has 1 aromatic heterocycles. The number of carbonyl (C=O) groups excluding carboxylic acids is 1. The minimum Gasteiger partial charge on any atom is -0.481 e. The summed E-state index contributed by atoms with van der Waals surface area (Å²) < 4.78 is 1.02. The number of thiophene rings is 1. The zero-order valence-electron chi connectivity index (χ0n) is 10.1. The number of hydrogen-bond acceptors (Lipinski definition) is 3. The van der Waals surface area contributed by atoms with Gasteiger partial charge in [0.2, 0.25) is 5.91 Å². The largest absolute Gasteiger partial charge is 0.481 e. The Morgan fingerprint density at radius 1 is 1.42 bits per heavy atom. The van der Waals surface area contributed by atoms with Crippen LogP contribution >= 0.6 is 27.3 Å². The summed E-state index contributed by atoms with van der Waals surface area (Å²) in [6.07, 6.45) is 5.16. The first kappa shape index (κ1) is 14.3. The highest BCUT2D eigenvalue weighted by atomic mass is 79.9. The van der Waals surface area contributed by atoms with Crippen LogP contribution in [0.2, 0.25) is 0 Å². The van der Waals surface area contributed by atoms with Crippen molar-refractivity contribution >= 4 is 45.2 Å². The van der Waals surface area contributed by atoms with Crippen molar-refractivity contribution in [2.45, 2.75) is 25.3 Å². The molecule has 1 heterocycles. The number of hydrogen-bond donors (Lipinski definition) is 2. The van der Waals surface area contributed by atoms with E-state index >= 15 is 0 Å². The van der Waals surface area contributed by atoms with Gasteiger partial charge in [0, 0.05) is 17.0 Å². The summed E-state index contributed by atoms with van der Waals surface area (Å²) in [4.78, 5) is 23.5. The molecule has 1 aliphatic carbocycles. The molecule has 0 bridgehead atoms. The summed E-state index contributed by atoms with van der Waals surface area (Å²) in [5.41, 5.74) is 0. The van der Waals surface area contributed by atoms with E-state index in [4.69, 9.17) is 5.11 Å². The van der Waals surface area contributed by atoms with Crippen LogP contribution in [-0.4, -0.2) is 23.0 Å². The van der Waals surface area contributed by atoms with Crippen LogP contribution in [-0.2, 0) is 9.59 Å². The van der Waals surface area contributed by atoms with Crippen molar-refractivity contribution in [3.8, 4) is 0 Å². The highest BCUT2D eigenvalue weighted by Gasteiger charge is 2.30. The Balaban J connectivity index is 1.82. The molecule has 2 atom stereocenters. The minimum atomic E-state index is -0.768. The predicted molar refractivity (Wildman–Crippen MR) is 78.0 cm³/mol. The molecule has 0 radical (unpaired) electrons. The zero-order chi connectivity index (χ0) is 13.8. The van der Waals surface area contributed by atoms with Gasteiger partial charge in [-0.3, -0.25) is 9.59 Å². The lowest BCUT2D eigenvalue weighted by atomic mass is 10.1. The van der Waals surface area contributed by atoms with Crippen molar-refractivity contribution < 1.29 is 14.7 Å². The molecule has 2 N–H and O–H groups in total. The molecule has 0 saturated heterocycles. The molecule has 1 aliphatic rings. The van der Waals surface area contributed by atoms with E-state index in [1.807, 2.05) is 12.1 Å². The van der Waals surface area contributed by atoms with Gasteiger partial charge in [0.15, 0.2) is 0 Å². The van der Waals surface area contributed by atoms with Gasteiger partial charge < -0.3 is 10.4 Å². The normalized spacial score (nSPS) is 22.8. The molecule has 19 heavy (non-hydrogen) atoms. The third-order valence-electron chi connectivity index (χ3n) is 3.12. The fraction of sp³-hybridized carbons (Fsp3) is 0.385. The molecule has 4 nitrogen and oxygen atoms in total. The number of aliphatic carboxylic acids is 1. The molecule has 0 spiro atoms. The summed E-state index contributed by atoms with van der Waals surface area (Å²) in [5.74, 6) is -1.25. The molecule has 102 valence electrons. The quantitative estimate of drug-likeness (QED) is 0.826. The smallest absolute Gasteiger partial charge is 0.306 e. The van der Waals surface area contributed by atoms with Gasteiger partial charge in [-0.25, -0.2) is 0 Å². The standard InChI is InChI=1S/C13H14BrNO3S/c14-11-5-3-10(19-11)4-6-12(16)15-9-2-1-8(7-9)13(17)18/h3-6,8-9H,1-2,7H2,(H,15,16)(H,17,18)/b6-4+/t8-,9+/m1/s1. The van der Waals surface area contributed by atoms with Crippen LogP contribution in [0.5, 0.6) is 0 Å². The van der Waals surface area contributed by atoms with Crippen molar-refractivity contribution in [3.63, 3.8) is 0 Å². The predicted octanol–water partition coefficient (Wildman–Crippen LogP) is 2.89. The lowest BCUT2D eigenvalue weighted by molar-refractivity contribution is -0.141. The third kappa shape index (κ3) is 4.18. The Labute approximate surface area is 123 Å². The lowest BCUT2D eigenvalue weighted by Gasteiger charge is -2.10. The van der Waals surface area contributed by atoms with Gasteiger partial charge >= 0.3 is 5.97 Å². The molecule has 1 fully saturated rings. The molecule has 0 aromatic carbocycles. The van der Waals surface area contributed by atoms with Crippen molar-refractivity contribution in [1.82, 2.24) is 5.32 Å². The maximum Gasteiger partial charge on any atom is 0.306 e. The second kappa shape index (κ2) is 6.34. The molecule has 1 aromatic rings. The second-order valence-electron chi connectivity index (χ2n) is 4.53. The summed E-state index contributed by atoms with van der Waals surface area (Å²) in [7, 11) is 0. The summed E-state index contributed by atoms with van der Waals surface area (Å²) in [6, 6.07) is 3.83. The first-order valence-corrected chi connectivity index (χ1v) is 7.62. The van der Waals surface area contributed by atoms with Crippen LogP contribution < -0.4 is 5.32 Å². The topological polar surface area (TPSA) is 66.4 Å². The van der Waals surface area contributed by atoms with Crippen molar-refractivity contribution in [2.75, 3.05) is 0 Å². The van der Waals surface area contributed by atoms with Crippen LogP contribution in [0.1, 0.15) is 24.1 Å². The Morgan fingerprint density at radius 3 is 2.79 bits per heavy atom. The molecular formula is C13H14BrNO3S. The van der Waals surface area contributed by atoms with Crippen molar-refractivity contribution in [1.29, 1.82) is 0 Å². The Morgan fingerprint density at radius 2 is 2.21 bits per heavy atom. The van der Waals surface area contributed by atoms with Gasteiger partial charge in [-0.2, -0.15) is 0 Å². The first-order valence-electron chi connectivity index (χ1n) is 6.01. The van der Waals surface area contributed by atoms with Gasteiger partial charge in [-0.1, -0.05) is 0 Å². The van der Waals surface area contributed by atoms with E-state index in [1.165, 1.54) is 6.08 Å². The van der Waals surface area contributed by atoms with Crippen LogP contribution in [0.25, 0.3) is 6.08 Å². The zero-order valence-corrected chi connectivity index (χ0v) is 12.5. The highest BCUT2D eigenvalue weighted by molar-refractivity contribution is 9.11. The van der Waals surface area contributed by atoms with E-state index in [1.54, 1.807) is 17.4 Å². The van der Waals surface area contributed by atoms with Crippen molar-refractivity contribution in [3.05, 3.63) is 26.9 Å². The van der Waals surface area contributed by atoms with Gasteiger partial charge in [0.05, 0.1) is 9.70 Å². The average molecular weight is 344 g/mol. The number of carboxylic acids is 1. The maximum absolute atomic E-state index is 11.7. The Kier molecular flexibility index (Phi) is 4.76. The fourth-order valence-electron chi connectivity index (χ4n) is 2.16. The molecule has 0 unspecified atom stereocenters. The number of carboxylic acid groups (broad SMARTS) is 1. The molecular weight excluding hydrogens is 330 g/mol. The Bertz CT molecular complexity index is 512. The van der Waals surface area contributed by atoms with Crippen LogP contribution in [0.4, 0.5) is 0 Å². The molecule has 6 heteroatoms. The second-order valence-corrected chi connectivity index (χ2v) is 7.02. The van der Waals surface area contributed by atoms with Gasteiger partial charge in [-0.05, 0) is 53.4 Å². The third-order valence-corrected chi connectivity index (χ3v) is 4.71. The van der Waals surface area contributed by atoms with E-state index in [-0.39, 0.29) is 17.9 Å².